The fourth-order valence-corrected chi connectivity index (χ4v) is 1.37. The van der Waals surface area contributed by atoms with Crippen molar-refractivity contribution >= 4 is 0 Å². The van der Waals surface area contributed by atoms with Crippen molar-refractivity contribution in [3.8, 4) is 0 Å². The molecule has 3 heteroatoms. The molecule has 3 nitrogen and oxygen atoms in total. The number of rotatable bonds is 6. The van der Waals surface area contributed by atoms with E-state index >= 15 is 0 Å². The van der Waals surface area contributed by atoms with E-state index in [2.05, 4.69) is 44.8 Å². The van der Waals surface area contributed by atoms with Crippen LogP contribution in [0.25, 0.3) is 0 Å². The highest BCUT2D eigenvalue weighted by molar-refractivity contribution is 4.72. The van der Waals surface area contributed by atoms with Crippen molar-refractivity contribution in [2.24, 2.45) is 5.73 Å². The normalized spacial score (nSPS) is 12.9. The fourth-order valence-electron chi connectivity index (χ4n) is 1.37. The number of nitrogens with zero attached hydrogens (tertiary/aromatic N) is 1. The van der Waals surface area contributed by atoms with Crippen LogP contribution >= 0.6 is 0 Å². The highest BCUT2D eigenvalue weighted by atomic mass is 15.2. The Morgan fingerprint density at radius 3 is 2.14 bits per heavy atom. The minimum absolute atomic E-state index is 0.214. The third kappa shape index (κ3) is 7.30. The molecule has 0 saturated carbocycles. The van der Waals surface area contributed by atoms with Gasteiger partial charge in [0, 0.05) is 37.8 Å². The summed E-state index contributed by atoms with van der Waals surface area (Å²) in [4.78, 5) is 2.40. The predicted molar refractivity (Wildman–Crippen MR) is 63.5 cm³/mol. The molecular weight excluding hydrogens is 174 g/mol. The SMILES string of the molecule is CC(C)N(CCN)CCNC(C)(C)C. The van der Waals surface area contributed by atoms with Crippen LogP contribution in [0.2, 0.25) is 0 Å². The largest absolute Gasteiger partial charge is 0.329 e. The summed E-state index contributed by atoms with van der Waals surface area (Å²) >= 11 is 0. The van der Waals surface area contributed by atoms with Crippen LogP contribution in [0.1, 0.15) is 34.6 Å². The third-order valence-corrected chi connectivity index (χ3v) is 2.20. The summed E-state index contributed by atoms with van der Waals surface area (Å²) in [6, 6.07) is 0.584. The molecule has 0 unspecified atom stereocenters. The van der Waals surface area contributed by atoms with Crippen molar-refractivity contribution in [2.75, 3.05) is 26.2 Å². The maximum atomic E-state index is 5.56. The predicted octanol–water partition coefficient (Wildman–Crippen LogP) is 1.04. The van der Waals surface area contributed by atoms with Crippen LogP contribution in [0.4, 0.5) is 0 Å². The van der Waals surface area contributed by atoms with Gasteiger partial charge in [0.25, 0.3) is 0 Å². The van der Waals surface area contributed by atoms with Crippen molar-refractivity contribution in [2.45, 2.75) is 46.2 Å². The quantitative estimate of drug-likeness (QED) is 0.675. The van der Waals surface area contributed by atoms with Crippen LogP contribution in [-0.4, -0.2) is 42.7 Å². The molecule has 0 spiro atoms. The van der Waals surface area contributed by atoms with Gasteiger partial charge in [-0.1, -0.05) is 0 Å². The minimum atomic E-state index is 0.214. The van der Waals surface area contributed by atoms with Crippen LogP contribution in [-0.2, 0) is 0 Å². The van der Waals surface area contributed by atoms with Crippen molar-refractivity contribution in [3.05, 3.63) is 0 Å². The maximum absolute atomic E-state index is 5.56. The summed E-state index contributed by atoms with van der Waals surface area (Å²) in [6.45, 7) is 14.8. The van der Waals surface area contributed by atoms with E-state index in [1.165, 1.54) is 0 Å². The average molecular weight is 201 g/mol. The molecule has 0 aliphatic heterocycles. The average Bonchev–Trinajstić information content (AvgIpc) is 2.00. The number of hydrogen-bond donors (Lipinski definition) is 2. The molecule has 0 heterocycles. The standard InChI is InChI=1S/C11H27N3/c1-10(2)14(8-6-12)9-7-13-11(3,4)5/h10,13H,6-9,12H2,1-5H3. The van der Waals surface area contributed by atoms with Crippen LogP contribution in [0, 0.1) is 0 Å². The molecular formula is C11H27N3. The highest BCUT2D eigenvalue weighted by Crippen LogP contribution is 1.99. The molecule has 0 aliphatic rings. The van der Waals surface area contributed by atoms with Gasteiger partial charge in [0.1, 0.15) is 0 Å². The Bertz CT molecular complexity index is 138. The topological polar surface area (TPSA) is 41.3 Å². The minimum Gasteiger partial charge on any atom is -0.329 e. The summed E-state index contributed by atoms with van der Waals surface area (Å²) in [5.41, 5.74) is 5.78. The van der Waals surface area contributed by atoms with Gasteiger partial charge in [0.05, 0.1) is 0 Å². The second-order valence-corrected chi connectivity index (χ2v) is 5.10. The Balaban J connectivity index is 3.72. The molecule has 0 aromatic heterocycles. The van der Waals surface area contributed by atoms with E-state index in [9.17, 15) is 0 Å². The summed E-state index contributed by atoms with van der Waals surface area (Å²) < 4.78 is 0. The van der Waals surface area contributed by atoms with Gasteiger partial charge in [-0.15, -0.1) is 0 Å². The first-order valence-corrected chi connectivity index (χ1v) is 5.56. The monoisotopic (exact) mass is 201 g/mol. The first-order valence-electron chi connectivity index (χ1n) is 5.56. The van der Waals surface area contributed by atoms with Gasteiger partial charge in [0.2, 0.25) is 0 Å². The van der Waals surface area contributed by atoms with Gasteiger partial charge in [-0.05, 0) is 34.6 Å². The number of nitrogens with two attached hydrogens (primary N) is 1. The lowest BCUT2D eigenvalue weighted by molar-refractivity contribution is 0.220. The molecule has 14 heavy (non-hydrogen) atoms. The molecule has 0 amide bonds. The van der Waals surface area contributed by atoms with Crippen molar-refractivity contribution in [1.82, 2.24) is 10.2 Å². The fraction of sp³-hybridized carbons (Fsp3) is 1.00. The van der Waals surface area contributed by atoms with E-state index in [0.717, 1.165) is 26.2 Å². The van der Waals surface area contributed by atoms with E-state index in [1.807, 2.05) is 0 Å². The van der Waals surface area contributed by atoms with E-state index in [-0.39, 0.29) is 5.54 Å². The zero-order chi connectivity index (χ0) is 11.2. The van der Waals surface area contributed by atoms with Crippen LogP contribution in [0.15, 0.2) is 0 Å². The van der Waals surface area contributed by atoms with Crippen molar-refractivity contribution in [1.29, 1.82) is 0 Å². The Morgan fingerprint density at radius 1 is 1.21 bits per heavy atom. The lowest BCUT2D eigenvalue weighted by Gasteiger charge is -2.28. The molecule has 3 N–H and O–H groups in total. The second kappa shape index (κ2) is 6.38. The first-order chi connectivity index (χ1) is 6.37. The van der Waals surface area contributed by atoms with Gasteiger partial charge in [-0.25, -0.2) is 0 Å². The second-order valence-electron chi connectivity index (χ2n) is 5.10. The smallest absolute Gasteiger partial charge is 0.0110 e. The Morgan fingerprint density at radius 2 is 1.79 bits per heavy atom. The van der Waals surface area contributed by atoms with Gasteiger partial charge in [0.15, 0.2) is 0 Å². The summed E-state index contributed by atoms with van der Waals surface area (Å²) in [5.74, 6) is 0. The molecule has 0 aliphatic carbocycles. The van der Waals surface area contributed by atoms with E-state index in [4.69, 9.17) is 5.73 Å². The number of nitrogens with one attached hydrogen (secondary N) is 1. The first kappa shape index (κ1) is 13.9. The lowest BCUT2D eigenvalue weighted by atomic mass is 10.1. The van der Waals surface area contributed by atoms with Crippen LogP contribution < -0.4 is 11.1 Å². The zero-order valence-electron chi connectivity index (χ0n) is 10.4. The van der Waals surface area contributed by atoms with E-state index in [0.29, 0.717) is 6.04 Å². The Labute approximate surface area is 89.0 Å². The van der Waals surface area contributed by atoms with Crippen molar-refractivity contribution in [3.63, 3.8) is 0 Å². The molecule has 0 bridgehead atoms. The molecule has 0 aromatic carbocycles. The summed E-state index contributed by atoms with van der Waals surface area (Å²) in [5, 5.41) is 3.48. The van der Waals surface area contributed by atoms with Gasteiger partial charge in [-0.3, -0.25) is 4.90 Å². The lowest BCUT2D eigenvalue weighted by Crippen LogP contribution is -2.44. The highest BCUT2D eigenvalue weighted by Gasteiger charge is 2.11. The molecule has 0 aromatic rings. The van der Waals surface area contributed by atoms with E-state index < -0.39 is 0 Å². The maximum Gasteiger partial charge on any atom is 0.0110 e. The van der Waals surface area contributed by atoms with E-state index in [1.54, 1.807) is 0 Å². The molecule has 0 fully saturated rings. The van der Waals surface area contributed by atoms with Crippen molar-refractivity contribution < 1.29 is 0 Å². The number of hydrogen-bond acceptors (Lipinski definition) is 3. The molecule has 0 saturated heterocycles. The van der Waals surface area contributed by atoms with Crippen LogP contribution in [0.5, 0.6) is 0 Å². The van der Waals surface area contributed by atoms with Crippen LogP contribution in [0.3, 0.4) is 0 Å². The molecule has 86 valence electrons. The summed E-state index contributed by atoms with van der Waals surface area (Å²) in [6.07, 6.45) is 0. The molecule has 0 rings (SSSR count). The molecule has 0 atom stereocenters. The van der Waals surface area contributed by atoms with Gasteiger partial charge >= 0.3 is 0 Å². The van der Waals surface area contributed by atoms with Gasteiger partial charge < -0.3 is 11.1 Å². The Hall–Kier alpha value is -0.120. The Kier molecular flexibility index (Phi) is 6.33. The zero-order valence-corrected chi connectivity index (χ0v) is 10.4. The third-order valence-electron chi connectivity index (χ3n) is 2.20. The van der Waals surface area contributed by atoms with Gasteiger partial charge in [-0.2, -0.15) is 0 Å². The molecule has 0 radical (unpaired) electrons. The summed E-state index contributed by atoms with van der Waals surface area (Å²) in [7, 11) is 0.